The number of thiazole rings is 1. The summed E-state index contributed by atoms with van der Waals surface area (Å²) in [5.41, 5.74) is 0.268. The van der Waals surface area contributed by atoms with Crippen LogP contribution in [0.2, 0.25) is 5.02 Å². The Morgan fingerprint density at radius 1 is 1.17 bits per heavy atom. The summed E-state index contributed by atoms with van der Waals surface area (Å²) in [6, 6.07) is 12.3. The summed E-state index contributed by atoms with van der Waals surface area (Å²) in [6.07, 6.45) is -5.20. The normalized spacial score (nSPS) is 13.6. The summed E-state index contributed by atoms with van der Waals surface area (Å²) in [4.78, 5) is 26.0. The molecule has 0 saturated heterocycles. The predicted octanol–water partition coefficient (Wildman–Crippen LogP) is 5.29. The second-order valence-corrected chi connectivity index (χ2v) is 8.78. The molecule has 5 nitrogen and oxygen atoms in total. The Morgan fingerprint density at radius 2 is 1.83 bits per heavy atom. The van der Waals surface area contributed by atoms with Crippen LogP contribution in [0.3, 0.4) is 0 Å². The molecule has 1 heterocycles. The van der Waals surface area contributed by atoms with E-state index in [4.69, 9.17) is 16.3 Å². The van der Waals surface area contributed by atoms with Crippen molar-refractivity contribution >= 4 is 56.8 Å². The minimum Gasteiger partial charge on any atom is -0.463 e. The fraction of sp³-hybridized carbons (Fsp3) is 0.211. The molecule has 0 aliphatic rings. The minimum absolute atomic E-state index is 0.0546. The molecule has 3 rings (SSSR count). The molecule has 0 unspecified atom stereocenters. The van der Waals surface area contributed by atoms with E-state index in [1.807, 2.05) is 5.32 Å². The molecule has 0 bridgehead atoms. The maximum Gasteiger partial charge on any atom is 0.432 e. The van der Waals surface area contributed by atoms with Crippen LogP contribution in [0.1, 0.15) is 17.3 Å². The van der Waals surface area contributed by atoms with Crippen molar-refractivity contribution in [3.63, 3.8) is 0 Å². The fourth-order valence-electron chi connectivity index (χ4n) is 2.49. The summed E-state index contributed by atoms with van der Waals surface area (Å²) >= 11 is 6.99. The van der Waals surface area contributed by atoms with Gasteiger partial charge in [0.05, 0.1) is 27.4 Å². The van der Waals surface area contributed by atoms with Crippen LogP contribution in [-0.2, 0) is 9.53 Å². The number of aromatic nitrogens is 1. The first-order chi connectivity index (χ1) is 14.2. The average Bonchev–Trinajstić information content (AvgIpc) is 3.09. The number of amides is 1. The lowest BCUT2D eigenvalue weighted by atomic mass is 10.2. The zero-order chi connectivity index (χ0) is 21.9. The molecule has 158 valence electrons. The van der Waals surface area contributed by atoms with Gasteiger partial charge in [-0.25, -0.2) is 9.78 Å². The van der Waals surface area contributed by atoms with E-state index in [-0.39, 0.29) is 33.3 Å². The molecule has 0 fully saturated rings. The summed E-state index contributed by atoms with van der Waals surface area (Å²) in [5.74, 6) is -2.82. The van der Waals surface area contributed by atoms with Crippen LogP contribution in [-0.4, -0.2) is 34.5 Å². The Hall–Kier alpha value is -2.30. The lowest BCUT2D eigenvalue weighted by Crippen LogP contribution is -2.62. The van der Waals surface area contributed by atoms with Gasteiger partial charge in [0.15, 0.2) is 4.34 Å². The second kappa shape index (κ2) is 8.83. The van der Waals surface area contributed by atoms with Crippen molar-refractivity contribution in [2.45, 2.75) is 22.3 Å². The Bertz CT molecular complexity index is 1060. The third kappa shape index (κ3) is 4.40. The van der Waals surface area contributed by atoms with Gasteiger partial charge in [0, 0.05) is 0 Å². The number of benzene rings is 2. The van der Waals surface area contributed by atoms with Crippen molar-refractivity contribution in [3.05, 3.63) is 59.1 Å². The minimum atomic E-state index is -5.20. The molecule has 0 spiro atoms. The number of esters is 1. The summed E-state index contributed by atoms with van der Waals surface area (Å²) in [5, 5.41) is 1.76. The number of halogens is 4. The smallest absolute Gasteiger partial charge is 0.432 e. The SMILES string of the molecule is CCOC(=O)[C@](NC(=O)c1ccccc1Cl)(Sc1nc2ccccc2s1)C(F)(F)F. The van der Waals surface area contributed by atoms with Crippen molar-refractivity contribution in [2.75, 3.05) is 6.61 Å². The van der Waals surface area contributed by atoms with Gasteiger partial charge < -0.3 is 10.1 Å². The monoisotopic (exact) mass is 474 g/mol. The number of hydrogen-bond donors (Lipinski definition) is 1. The number of thioether (sulfide) groups is 1. The van der Waals surface area contributed by atoms with Gasteiger partial charge in [-0.3, -0.25) is 4.79 Å². The molecule has 2 aromatic carbocycles. The van der Waals surface area contributed by atoms with Crippen molar-refractivity contribution in [3.8, 4) is 0 Å². The van der Waals surface area contributed by atoms with E-state index in [0.29, 0.717) is 10.2 Å². The zero-order valence-electron chi connectivity index (χ0n) is 15.3. The van der Waals surface area contributed by atoms with E-state index in [9.17, 15) is 22.8 Å². The second-order valence-electron chi connectivity index (χ2n) is 5.88. The molecule has 11 heteroatoms. The molecule has 0 aliphatic carbocycles. The quantitative estimate of drug-likeness (QED) is 0.298. The number of fused-ring (bicyclic) bond motifs is 1. The van der Waals surface area contributed by atoms with Crippen LogP contribution < -0.4 is 5.32 Å². The van der Waals surface area contributed by atoms with E-state index in [1.165, 1.54) is 31.2 Å². The highest BCUT2D eigenvalue weighted by atomic mass is 35.5. The van der Waals surface area contributed by atoms with Gasteiger partial charge in [0.2, 0.25) is 0 Å². The van der Waals surface area contributed by atoms with Crippen LogP contribution in [0.5, 0.6) is 0 Å². The summed E-state index contributed by atoms with van der Waals surface area (Å²) in [7, 11) is 0. The Kier molecular flexibility index (Phi) is 6.59. The van der Waals surface area contributed by atoms with Crippen molar-refractivity contribution in [2.24, 2.45) is 0 Å². The number of nitrogens with one attached hydrogen (secondary N) is 1. The third-order valence-corrected chi connectivity index (χ3v) is 6.62. The molecule has 1 amide bonds. The molecule has 1 atom stereocenters. The number of rotatable bonds is 6. The first-order valence-corrected chi connectivity index (χ1v) is 10.5. The topological polar surface area (TPSA) is 68.3 Å². The third-order valence-electron chi connectivity index (χ3n) is 3.88. The molecule has 1 aromatic heterocycles. The average molecular weight is 475 g/mol. The number of ether oxygens (including phenoxy) is 1. The molecule has 30 heavy (non-hydrogen) atoms. The lowest BCUT2D eigenvalue weighted by Gasteiger charge is -2.32. The Morgan fingerprint density at radius 3 is 2.47 bits per heavy atom. The Balaban J connectivity index is 2.07. The van der Waals surface area contributed by atoms with Gasteiger partial charge >= 0.3 is 12.1 Å². The molecular weight excluding hydrogens is 461 g/mol. The van der Waals surface area contributed by atoms with Crippen molar-refractivity contribution < 1.29 is 27.5 Å². The number of carbonyl (C=O) groups is 2. The lowest BCUT2D eigenvalue weighted by molar-refractivity contribution is -0.190. The van der Waals surface area contributed by atoms with Gasteiger partial charge in [-0.1, -0.05) is 35.9 Å². The van der Waals surface area contributed by atoms with Crippen LogP contribution in [0.25, 0.3) is 10.2 Å². The maximum atomic E-state index is 14.3. The van der Waals surface area contributed by atoms with Gasteiger partial charge in [0.25, 0.3) is 10.8 Å². The summed E-state index contributed by atoms with van der Waals surface area (Å²) < 4.78 is 48.1. The standard InChI is InChI=1S/C19H14ClF3N2O3S2/c1-2-28-16(27)18(19(21,22)23,25-15(26)11-7-3-4-8-12(11)20)30-17-24-13-9-5-6-10-14(13)29-17/h3-10H,2H2,1H3,(H,25,26)/t18-/m0/s1. The highest BCUT2D eigenvalue weighted by molar-refractivity contribution is 8.03. The van der Waals surface area contributed by atoms with Crippen LogP contribution >= 0.6 is 34.7 Å². The highest BCUT2D eigenvalue weighted by Crippen LogP contribution is 2.46. The number of hydrogen-bond acceptors (Lipinski definition) is 6. The molecule has 0 radical (unpaired) electrons. The van der Waals surface area contributed by atoms with E-state index in [1.54, 1.807) is 24.3 Å². The largest absolute Gasteiger partial charge is 0.463 e. The van der Waals surface area contributed by atoms with E-state index in [0.717, 1.165) is 11.3 Å². The molecular formula is C19H14ClF3N2O3S2. The number of nitrogens with zero attached hydrogens (tertiary/aromatic N) is 1. The first kappa shape index (κ1) is 22.4. The van der Waals surface area contributed by atoms with E-state index >= 15 is 0 Å². The molecule has 0 saturated carbocycles. The maximum absolute atomic E-state index is 14.3. The zero-order valence-corrected chi connectivity index (χ0v) is 17.7. The van der Waals surface area contributed by atoms with E-state index < -0.39 is 22.9 Å². The predicted molar refractivity (Wildman–Crippen MR) is 110 cm³/mol. The number of para-hydroxylation sites is 1. The van der Waals surface area contributed by atoms with Crippen LogP contribution in [0.4, 0.5) is 13.2 Å². The van der Waals surface area contributed by atoms with Crippen LogP contribution in [0, 0.1) is 0 Å². The number of carbonyl (C=O) groups excluding carboxylic acids is 2. The van der Waals surface area contributed by atoms with Crippen molar-refractivity contribution in [1.29, 1.82) is 0 Å². The van der Waals surface area contributed by atoms with Crippen LogP contribution in [0.15, 0.2) is 52.9 Å². The van der Waals surface area contributed by atoms with Gasteiger partial charge in [-0.2, -0.15) is 13.2 Å². The molecule has 1 N–H and O–H groups in total. The number of alkyl halides is 3. The fourth-order valence-corrected chi connectivity index (χ4v) is 5.03. The summed E-state index contributed by atoms with van der Waals surface area (Å²) in [6.45, 7) is 1.07. The van der Waals surface area contributed by atoms with Gasteiger partial charge in [-0.05, 0) is 43.0 Å². The Labute approximate surface area is 182 Å². The van der Waals surface area contributed by atoms with E-state index in [2.05, 4.69) is 4.98 Å². The molecule has 0 aliphatic heterocycles. The van der Waals surface area contributed by atoms with Gasteiger partial charge in [-0.15, -0.1) is 11.3 Å². The van der Waals surface area contributed by atoms with Gasteiger partial charge in [0.1, 0.15) is 0 Å². The molecule has 3 aromatic rings. The highest BCUT2D eigenvalue weighted by Gasteiger charge is 2.64. The first-order valence-electron chi connectivity index (χ1n) is 8.53. The van der Waals surface area contributed by atoms with Crippen molar-refractivity contribution in [1.82, 2.24) is 10.3 Å².